The summed E-state index contributed by atoms with van der Waals surface area (Å²) in [5.41, 5.74) is -0.203. The third-order valence-electron chi connectivity index (χ3n) is 2.73. The van der Waals surface area contributed by atoms with E-state index in [0.29, 0.717) is 10.9 Å². The second kappa shape index (κ2) is 3.39. The molecule has 18 heavy (non-hydrogen) atoms. The minimum Gasteiger partial charge on any atom is -0.333 e. The molecule has 2 aromatic heterocycles. The molecule has 0 saturated carbocycles. The van der Waals surface area contributed by atoms with Crippen LogP contribution in [0.4, 0.5) is 0 Å². The van der Waals surface area contributed by atoms with Crippen molar-refractivity contribution in [2.75, 3.05) is 5.84 Å². The fourth-order valence-corrected chi connectivity index (χ4v) is 1.82. The van der Waals surface area contributed by atoms with Crippen molar-refractivity contribution in [2.24, 2.45) is 0 Å². The zero-order valence-electron chi connectivity index (χ0n) is 9.49. The van der Waals surface area contributed by atoms with Crippen LogP contribution in [0.15, 0.2) is 33.9 Å². The maximum Gasteiger partial charge on any atom is 0.295 e. The molecule has 0 unspecified atom stereocenters. The number of nitrogen functional groups attached to an aromatic ring is 1. The lowest BCUT2D eigenvalue weighted by molar-refractivity contribution is 0.752. The minimum absolute atomic E-state index is 0.0225. The van der Waals surface area contributed by atoms with Crippen LogP contribution in [0.2, 0.25) is 0 Å². The fraction of sp³-hybridized carbons (Fsp3) is 0.0909. The van der Waals surface area contributed by atoms with Gasteiger partial charge in [0.1, 0.15) is 5.69 Å². The van der Waals surface area contributed by atoms with Gasteiger partial charge in [0.25, 0.3) is 16.9 Å². The van der Waals surface area contributed by atoms with Crippen molar-refractivity contribution >= 4 is 16.7 Å². The molecule has 0 spiro atoms. The highest BCUT2D eigenvalue weighted by molar-refractivity contribution is 5.78. The third-order valence-corrected chi connectivity index (χ3v) is 2.73. The number of aromatic nitrogens is 4. The lowest BCUT2D eigenvalue weighted by Gasteiger charge is -2.06. The number of hydrogen-bond donors (Lipinski definition) is 1. The number of benzene rings is 1. The van der Waals surface area contributed by atoms with E-state index in [1.54, 1.807) is 24.3 Å². The van der Waals surface area contributed by atoms with Gasteiger partial charge in [0.2, 0.25) is 0 Å². The third kappa shape index (κ3) is 1.24. The zero-order valence-corrected chi connectivity index (χ0v) is 9.49. The number of aryl methyl sites for hydroxylation is 1. The maximum absolute atomic E-state index is 12.2. The van der Waals surface area contributed by atoms with Crippen molar-refractivity contribution in [1.82, 2.24) is 19.3 Å². The molecule has 0 radical (unpaired) electrons. The van der Waals surface area contributed by atoms with Crippen LogP contribution in [0.1, 0.15) is 5.69 Å². The van der Waals surface area contributed by atoms with Gasteiger partial charge in [-0.3, -0.25) is 9.59 Å². The monoisotopic (exact) mass is 243 g/mol. The molecule has 7 heteroatoms. The van der Waals surface area contributed by atoms with Crippen molar-refractivity contribution in [3.8, 4) is 0 Å². The second-order valence-corrected chi connectivity index (χ2v) is 3.91. The van der Waals surface area contributed by atoms with Crippen molar-refractivity contribution in [3.63, 3.8) is 0 Å². The van der Waals surface area contributed by atoms with Crippen molar-refractivity contribution in [1.29, 1.82) is 0 Å². The molecule has 1 aromatic carbocycles. The number of rotatable bonds is 0. The van der Waals surface area contributed by atoms with Crippen LogP contribution < -0.4 is 17.0 Å². The van der Waals surface area contributed by atoms with E-state index in [-0.39, 0.29) is 17.0 Å². The van der Waals surface area contributed by atoms with Crippen LogP contribution >= 0.6 is 0 Å². The van der Waals surface area contributed by atoms with E-state index in [1.807, 2.05) is 0 Å². The first kappa shape index (κ1) is 10.5. The van der Waals surface area contributed by atoms with Crippen molar-refractivity contribution < 1.29 is 0 Å². The van der Waals surface area contributed by atoms with E-state index in [4.69, 9.17) is 5.84 Å². The Hall–Kier alpha value is -2.70. The van der Waals surface area contributed by atoms with Gasteiger partial charge in [0.05, 0.1) is 10.9 Å². The van der Waals surface area contributed by atoms with E-state index in [2.05, 4.69) is 10.1 Å². The Kier molecular flexibility index (Phi) is 1.97. The van der Waals surface area contributed by atoms with Gasteiger partial charge < -0.3 is 5.84 Å². The molecule has 0 aliphatic rings. The number of para-hydroxylation sites is 1. The fourth-order valence-electron chi connectivity index (χ4n) is 1.82. The molecule has 7 nitrogen and oxygen atoms in total. The highest BCUT2D eigenvalue weighted by Gasteiger charge is 2.11. The topological polar surface area (TPSA) is 95.3 Å². The van der Waals surface area contributed by atoms with Gasteiger partial charge in [0, 0.05) is 0 Å². The number of nitrogens with two attached hydrogens (primary N) is 1. The second-order valence-electron chi connectivity index (χ2n) is 3.91. The minimum atomic E-state index is -0.475. The first-order valence-electron chi connectivity index (χ1n) is 5.26. The highest BCUT2D eigenvalue weighted by atomic mass is 16.1. The molecule has 3 aromatic rings. The van der Waals surface area contributed by atoms with Crippen molar-refractivity contribution in [3.05, 3.63) is 50.7 Å². The zero-order chi connectivity index (χ0) is 12.9. The van der Waals surface area contributed by atoms with Crippen molar-refractivity contribution in [2.45, 2.75) is 6.92 Å². The molecule has 0 fully saturated rings. The van der Waals surface area contributed by atoms with Crippen LogP contribution in [0.5, 0.6) is 0 Å². The van der Waals surface area contributed by atoms with Crippen LogP contribution in [0.3, 0.4) is 0 Å². The maximum atomic E-state index is 12.2. The van der Waals surface area contributed by atoms with Gasteiger partial charge in [-0.2, -0.15) is 14.3 Å². The summed E-state index contributed by atoms with van der Waals surface area (Å²) in [7, 11) is 0. The lowest BCUT2D eigenvalue weighted by atomic mass is 10.2. The summed E-state index contributed by atoms with van der Waals surface area (Å²) in [5.74, 6) is 5.64. The molecule has 0 amide bonds. The molecule has 0 saturated heterocycles. The summed E-state index contributed by atoms with van der Waals surface area (Å²) in [6, 6.07) is 6.83. The molecule has 0 atom stereocenters. The Morgan fingerprint density at radius 2 is 1.89 bits per heavy atom. The van der Waals surface area contributed by atoms with Gasteiger partial charge in [-0.1, -0.05) is 12.1 Å². The summed E-state index contributed by atoms with van der Waals surface area (Å²) in [4.78, 5) is 28.0. The molecule has 3 rings (SSSR count). The van der Waals surface area contributed by atoms with Crippen LogP contribution in [0, 0.1) is 6.92 Å². The Balaban J connectivity index is 2.69. The van der Waals surface area contributed by atoms with Gasteiger partial charge in [0.15, 0.2) is 0 Å². The average Bonchev–Trinajstić information content (AvgIpc) is 2.38. The number of nitrogens with zero attached hydrogens (tertiary/aromatic N) is 4. The van der Waals surface area contributed by atoms with E-state index in [1.165, 1.54) is 6.92 Å². The van der Waals surface area contributed by atoms with Gasteiger partial charge in [-0.05, 0) is 19.1 Å². The van der Waals surface area contributed by atoms with Crippen LogP contribution in [-0.2, 0) is 0 Å². The first-order valence-corrected chi connectivity index (χ1v) is 5.26. The molecule has 2 heterocycles. The largest absolute Gasteiger partial charge is 0.333 e. The molecular formula is C11H9N5O2. The van der Waals surface area contributed by atoms with E-state index >= 15 is 0 Å². The van der Waals surface area contributed by atoms with Gasteiger partial charge in [-0.15, -0.1) is 0 Å². The van der Waals surface area contributed by atoms with Crippen LogP contribution in [-0.4, -0.2) is 19.3 Å². The molecule has 0 aliphatic carbocycles. The Labute approximate surface area is 100 Å². The van der Waals surface area contributed by atoms with Crippen LogP contribution in [0.25, 0.3) is 16.7 Å². The normalized spacial score (nSPS) is 11.2. The Bertz CT molecular complexity index is 893. The summed E-state index contributed by atoms with van der Waals surface area (Å²) in [6.07, 6.45) is 0. The average molecular weight is 243 g/mol. The van der Waals surface area contributed by atoms with E-state index in [0.717, 1.165) is 9.19 Å². The lowest BCUT2D eigenvalue weighted by Crippen LogP contribution is -2.36. The molecule has 2 N–H and O–H groups in total. The number of hydrogen-bond acceptors (Lipinski definition) is 5. The smallest absolute Gasteiger partial charge is 0.295 e. The predicted octanol–water partition coefficient (Wildman–Crippen LogP) is -0.573. The van der Waals surface area contributed by atoms with E-state index in [9.17, 15) is 9.59 Å². The Morgan fingerprint density at radius 3 is 2.67 bits per heavy atom. The summed E-state index contributed by atoms with van der Waals surface area (Å²) in [6.45, 7) is 1.49. The molecular weight excluding hydrogens is 234 g/mol. The SMILES string of the molecule is Cc1nn2c(=O)c3ccccc3nc2n(N)c1=O. The highest BCUT2D eigenvalue weighted by Crippen LogP contribution is 2.06. The van der Waals surface area contributed by atoms with Gasteiger partial charge in [-0.25, -0.2) is 4.98 Å². The number of fused-ring (bicyclic) bond motifs is 2. The molecule has 90 valence electrons. The Morgan fingerprint density at radius 1 is 1.17 bits per heavy atom. The predicted molar refractivity (Wildman–Crippen MR) is 65.9 cm³/mol. The standard InChI is InChI=1S/C11H9N5O2/c1-6-9(17)15(12)11-13-8-5-3-2-4-7(8)10(18)16(11)14-6/h2-5H,12H2,1H3. The quantitative estimate of drug-likeness (QED) is 0.421. The van der Waals surface area contributed by atoms with E-state index < -0.39 is 5.56 Å². The first-order chi connectivity index (χ1) is 8.59. The molecule has 0 bridgehead atoms. The summed E-state index contributed by atoms with van der Waals surface area (Å²) in [5, 5.41) is 4.35. The summed E-state index contributed by atoms with van der Waals surface area (Å²) >= 11 is 0. The summed E-state index contributed by atoms with van der Waals surface area (Å²) < 4.78 is 1.87. The van der Waals surface area contributed by atoms with Gasteiger partial charge >= 0.3 is 0 Å². The molecule has 0 aliphatic heterocycles.